The highest BCUT2D eigenvalue weighted by Crippen LogP contribution is 2.23. The number of H-pyrrole nitrogens is 1. The predicted molar refractivity (Wildman–Crippen MR) is 71.7 cm³/mol. The molecule has 0 saturated heterocycles. The van der Waals surface area contributed by atoms with Gasteiger partial charge in [0, 0.05) is 6.20 Å². The van der Waals surface area contributed by atoms with Crippen LogP contribution in [0, 0.1) is 6.92 Å². The third kappa shape index (κ3) is 3.05. The van der Waals surface area contributed by atoms with Gasteiger partial charge in [-0.05, 0) is 37.6 Å². The summed E-state index contributed by atoms with van der Waals surface area (Å²) in [5.41, 5.74) is 1.31. The molecular weight excluding hydrogens is 266 g/mol. The van der Waals surface area contributed by atoms with Crippen LogP contribution in [0.3, 0.4) is 0 Å². The summed E-state index contributed by atoms with van der Waals surface area (Å²) >= 11 is 0. The average Bonchev–Trinajstić information content (AvgIpc) is 2.87. The van der Waals surface area contributed by atoms with Gasteiger partial charge in [-0.15, -0.1) is 0 Å². The van der Waals surface area contributed by atoms with Gasteiger partial charge < -0.3 is 4.74 Å². The summed E-state index contributed by atoms with van der Waals surface area (Å²) in [6.45, 7) is 4.28. The summed E-state index contributed by atoms with van der Waals surface area (Å²) in [6.07, 6.45) is 2.58. The lowest BCUT2D eigenvalue weighted by atomic mass is 10.2. The van der Waals surface area contributed by atoms with Crippen LogP contribution in [-0.4, -0.2) is 25.2 Å². The Balaban J connectivity index is 2.25. The van der Waals surface area contributed by atoms with E-state index in [4.69, 9.17) is 4.74 Å². The van der Waals surface area contributed by atoms with Crippen molar-refractivity contribution in [1.29, 1.82) is 0 Å². The Bertz CT molecular complexity index is 651. The minimum absolute atomic E-state index is 0.0979. The third-order valence-electron chi connectivity index (χ3n) is 2.54. The molecule has 0 fully saturated rings. The molecule has 0 saturated carbocycles. The summed E-state index contributed by atoms with van der Waals surface area (Å²) in [5.74, 6) is 0.714. The number of hydrogen-bond acceptors (Lipinski definition) is 4. The number of anilines is 1. The lowest BCUT2D eigenvalue weighted by Crippen LogP contribution is -2.13. The van der Waals surface area contributed by atoms with Crippen LogP contribution in [0.15, 0.2) is 35.5 Å². The molecule has 0 amide bonds. The number of hydrogen-bond donors (Lipinski definition) is 2. The Kier molecular flexibility index (Phi) is 3.75. The molecule has 1 aromatic heterocycles. The molecule has 7 heteroatoms. The predicted octanol–water partition coefficient (Wildman–Crippen LogP) is 1.92. The van der Waals surface area contributed by atoms with Gasteiger partial charge in [0.05, 0.1) is 18.5 Å². The Labute approximate surface area is 111 Å². The standard InChI is InChI=1S/C12H15N3O3S/c1-3-18-10-4-5-12(9(2)6-10)15-19(16,17)11-7-13-14-8-11/h4-8,15H,3H2,1-2H3,(H,13,14). The number of nitrogens with one attached hydrogen (secondary N) is 2. The highest BCUT2D eigenvalue weighted by atomic mass is 32.2. The van der Waals surface area contributed by atoms with E-state index in [1.165, 1.54) is 12.4 Å². The summed E-state index contributed by atoms with van der Waals surface area (Å²) in [6, 6.07) is 5.19. The van der Waals surface area contributed by atoms with E-state index in [2.05, 4.69) is 14.9 Å². The Hall–Kier alpha value is -2.02. The van der Waals surface area contributed by atoms with Gasteiger partial charge in [-0.3, -0.25) is 9.82 Å². The largest absolute Gasteiger partial charge is 0.494 e. The van der Waals surface area contributed by atoms with Crippen LogP contribution in [-0.2, 0) is 10.0 Å². The number of aromatic amines is 1. The van der Waals surface area contributed by atoms with Crippen LogP contribution in [0.1, 0.15) is 12.5 Å². The van der Waals surface area contributed by atoms with Crippen molar-refractivity contribution in [2.75, 3.05) is 11.3 Å². The van der Waals surface area contributed by atoms with Crippen LogP contribution >= 0.6 is 0 Å². The van der Waals surface area contributed by atoms with Crippen molar-refractivity contribution in [3.63, 3.8) is 0 Å². The summed E-state index contributed by atoms with van der Waals surface area (Å²) < 4.78 is 31.9. The molecule has 102 valence electrons. The second kappa shape index (κ2) is 5.31. The normalized spacial score (nSPS) is 11.3. The first-order valence-corrected chi connectivity index (χ1v) is 7.26. The van der Waals surface area contributed by atoms with Crippen LogP contribution in [0.25, 0.3) is 0 Å². The fourth-order valence-electron chi connectivity index (χ4n) is 1.60. The van der Waals surface area contributed by atoms with Gasteiger partial charge in [0.2, 0.25) is 0 Å². The summed E-state index contributed by atoms with van der Waals surface area (Å²) in [7, 11) is -3.60. The van der Waals surface area contributed by atoms with Crippen LogP contribution < -0.4 is 9.46 Å². The first-order valence-electron chi connectivity index (χ1n) is 5.78. The molecule has 0 aliphatic heterocycles. The van der Waals surface area contributed by atoms with Crippen molar-refractivity contribution in [2.45, 2.75) is 18.7 Å². The molecule has 0 radical (unpaired) electrons. The van der Waals surface area contributed by atoms with Gasteiger partial charge in [-0.1, -0.05) is 0 Å². The molecule has 2 rings (SSSR count). The van der Waals surface area contributed by atoms with Crippen LogP contribution in [0.5, 0.6) is 5.75 Å². The summed E-state index contributed by atoms with van der Waals surface area (Å²) in [5, 5.41) is 6.10. The van der Waals surface area contributed by atoms with Gasteiger partial charge in [0.25, 0.3) is 10.0 Å². The first-order chi connectivity index (χ1) is 9.03. The van der Waals surface area contributed by atoms with Crippen molar-refractivity contribution in [3.05, 3.63) is 36.2 Å². The van der Waals surface area contributed by atoms with Crippen molar-refractivity contribution in [3.8, 4) is 5.75 Å². The quantitative estimate of drug-likeness (QED) is 0.877. The number of aryl methyl sites for hydroxylation is 1. The highest BCUT2D eigenvalue weighted by molar-refractivity contribution is 7.92. The minimum Gasteiger partial charge on any atom is -0.494 e. The molecule has 6 nitrogen and oxygen atoms in total. The summed E-state index contributed by atoms with van der Waals surface area (Å²) in [4.78, 5) is 0.0979. The number of aromatic nitrogens is 2. The smallest absolute Gasteiger partial charge is 0.265 e. The van der Waals surface area contributed by atoms with Crippen LogP contribution in [0.2, 0.25) is 0 Å². The van der Waals surface area contributed by atoms with E-state index >= 15 is 0 Å². The SMILES string of the molecule is CCOc1ccc(NS(=O)(=O)c2cn[nH]c2)c(C)c1. The highest BCUT2D eigenvalue weighted by Gasteiger charge is 2.16. The van der Waals surface area contributed by atoms with E-state index in [-0.39, 0.29) is 4.90 Å². The van der Waals surface area contributed by atoms with Crippen molar-refractivity contribution in [1.82, 2.24) is 10.2 Å². The monoisotopic (exact) mass is 281 g/mol. The number of nitrogens with zero attached hydrogens (tertiary/aromatic N) is 1. The minimum atomic E-state index is -3.60. The van der Waals surface area contributed by atoms with Gasteiger partial charge in [-0.2, -0.15) is 5.10 Å². The van der Waals surface area contributed by atoms with Crippen molar-refractivity contribution < 1.29 is 13.2 Å². The Morgan fingerprint density at radius 2 is 2.21 bits per heavy atom. The molecule has 2 N–H and O–H groups in total. The number of rotatable bonds is 5. The number of ether oxygens (including phenoxy) is 1. The van der Waals surface area contributed by atoms with E-state index in [1.54, 1.807) is 18.2 Å². The zero-order chi connectivity index (χ0) is 13.9. The molecule has 0 aliphatic rings. The molecule has 0 bridgehead atoms. The zero-order valence-corrected chi connectivity index (χ0v) is 11.5. The van der Waals surface area contributed by atoms with E-state index in [0.717, 1.165) is 5.56 Å². The molecule has 0 spiro atoms. The van der Waals surface area contributed by atoms with Gasteiger partial charge in [-0.25, -0.2) is 8.42 Å². The molecule has 0 atom stereocenters. The topological polar surface area (TPSA) is 84.1 Å². The maximum atomic E-state index is 12.0. The Morgan fingerprint density at radius 1 is 1.42 bits per heavy atom. The number of sulfonamides is 1. The third-order valence-corrected chi connectivity index (χ3v) is 3.87. The molecule has 0 unspecified atom stereocenters. The number of benzene rings is 1. The second-order valence-electron chi connectivity index (χ2n) is 3.95. The fourth-order valence-corrected chi connectivity index (χ4v) is 2.63. The van der Waals surface area contributed by atoms with Crippen LogP contribution in [0.4, 0.5) is 5.69 Å². The van der Waals surface area contributed by atoms with Gasteiger partial charge >= 0.3 is 0 Å². The maximum absolute atomic E-state index is 12.0. The molecule has 2 aromatic rings. The van der Waals surface area contributed by atoms with Gasteiger partial charge in [0.1, 0.15) is 10.6 Å². The van der Waals surface area contributed by atoms with Gasteiger partial charge in [0.15, 0.2) is 0 Å². The molecule has 1 aromatic carbocycles. The Morgan fingerprint density at radius 3 is 2.79 bits per heavy atom. The molecule has 0 aliphatic carbocycles. The molecule has 1 heterocycles. The maximum Gasteiger partial charge on any atom is 0.265 e. The lowest BCUT2D eigenvalue weighted by Gasteiger charge is -2.11. The van der Waals surface area contributed by atoms with Crippen molar-refractivity contribution >= 4 is 15.7 Å². The van der Waals surface area contributed by atoms with E-state index in [1.807, 2.05) is 13.8 Å². The first kappa shape index (κ1) is 13.4. The van der Waals surface area contributed by atoms with E-state index in [9.17, 15) is 8.42 Å². The fraction of sp³-hybridized carbons (Fsp3) is 0.250. The second-order valence-corrected chi connectivity index (χ2v) is 5.63. The van der Waals surface area contributed by atoms with Crippen molar-refractivity contribution in [2.24, 2.45) is 0 Å². The van der Waals surface area contributed by atoms with E-state index in [0.29, 0.717) is 18.0 Å². The molecule has 19 heavy (non-hydrogen) atoms. The average molecular weight is 281 g/mol. The van der Waals surface area contributed by atoms with E-state index < -0.39 is 10.0 Å². The zero-order valence-electron chi connectivity index (χ0n) is 10.7. The lowest BCUT2D eigenvalue weighted by molar-refractivity contribution is 0.340. The molecular formula is C12H15N3O3S.